The van der Waals surface area contributed by atoms with Crippen LogP contribution < -0.4 is 9.47 Å². The number of halogens is 2. The van der Waals surface area contributed by atoms with Gasteiger partial charge in [0.25, 0.3) is 5.01 Å². The average Bonchev–Trinajstić information content (AvgIpc) is 3.23. The summed E-state index contributed by atoms with van der Waals surface area (Å²) in [7, 11) is -4.50. The molecule has 170 valence electrons. The molecule has 1 aromatic heterocycles. The zero-order valence-electron chi connectivity index (χ0n) is 16.5. The first kappa shape index (κ1) is 23.8. The Hall–Kier alpha value is -1.37. The fourth-order valence-electron chi connectivity index (χ4n) is 3.31. The molecule has 2 heterocycles. The first-order chi connectivity index (χ1) is 15.3. The van der Waals surface area contributed by atoms with E-state index in [9.17, 15) is 13.0 Å². The maximum absolute atomic E-state index is 11.6. The second-order valence-electron chi connectivity index (χ2n) is 6.83. The van der Waals surface area contributed by atoms with Gasteiger partial charge in [-0.2, -0.15) is 4.57 Å². The minimum absolute atomic E-state index is 0.0685. The van der Waals surface area contributed by atoms with Gasteiger partial charge >= 0.3 is 0 Å². The molecule has 0 unspecified atom stereocenters. The number of hydrogen-bond donors (Lipinski definition) is 1. The molecule has 7 nitrogen and oxygen atoms in total. The number of thiazole rings is 1. The molecule has 0 radical (unpaired) electrons. The Balaban J connectivity index is 1.77. The molecule has 0 aliphatic carbocycles. The van der Waals surface area contributed by atoms with E-state index < -0.39 is 16.0 Å². The summed E-state index contributed by atoms with van der Waals surface area (Å²) in [5.41, 5.74) is 1.53. The van der Waals surface area contributed by atoms with Crippen LogP contribution in [0.15, 0.2) is 46.3 Å². The highest BCUT2D eigenvalue weighted by molar-refractivity contribution is 8.04. The molecule has 4 rings (SSSR count). The van der Waals surface area contributed by atoms with Gasteiger partial charge in [-0.1, -0.05) is 58.4 Å². The first-order valence-electron chi connectivity index (χ1n) is 9.46. The molecule has 0 bridgehead atoms. The zero-order valence-corrected chi connectivity index (χ0v) is 20.5. The van der Waals surface area contributed by atoms with Crippen molar-refractivity contribution in [3.05, 3.63) is 56.5 Å². The molecule has 32 heavy (non-hydrogen) atoms. The Morgan fingerprint density at radius 1 is 1.19 bits per heavy atom. The predicted molar refractivity (Wildman–Crippen MR) is 127 cm³/mol. The van der Waals surface area contributed by atoms with E-state index in [1.54, 1.807) is 24.3 Å². The third-order valence-electron chi connectivity index (χ3n) is 4.64. The summed E-state index contributed by atoms with van der Waals surface area (Å²) in [6.45, 7) is 1.00. The Morgan fingerprint density at radius 3 is 2.69 bits per heavy atom. The maximum Gasteiger partial charge on any atom is 0.266 e. The maximum atomic E-state index is 11.6. The van der Waals surface area contributed by atoms with Crippen molar-refractivity contribution in [2.75, 3.05) is 31.3 Å². The third kappa shape index (κ3) is 5.23. The van der Waals surface area contributed by atoms with E-state index in [0.29, 0.717) is 33.7 Å². The number of para-hydroxylation sites is 1. The highest BCUT2D eigenvalue weighted by atomic mass is 35.5. The molecule has 3 aromatic rings. The van der Waals surface area contributed by atoms with Gasteiger partial charge in [0.15, 0.2) is 10.1 Å². The number of nitrogens with zero attached hydrogens (tertiary/aromatic N) is 2. The number of benzene rings is 2. The lowest BCUT2D eigenvalue weighted by Gasteiger charge is -2.20. The van der Waals surface area contributed by atoms with Gasteiger partial charge in [0, 0.05) is 17.5 Å². The topological polar surface area (TPSA) is 93.8 Å². The van der Waals surface area contributed by atoms with Crippen molar-refractivity contribution in [2.45, 2.75) is 10.8 Å². The summed E-state index contributed by atoms with van der Waals surface area (Å²) in [6.07, 6.45) is 1.86. The molecule has 0 atom stereocenters. The van der Waals surface area contributed by atoms with Crippen LogP contribution in [0.2, 0.25) is 10.0 Å². The van der Waals surface area contributed by atoms with Crippen molar-refractivity contribution in [3.8, 4) is 0 Å². The SMILES string of the molecule is O=S(=O)([O-])C[n+]1c(/C=C2\Sc3cc(Cl)c(Cl)cc3N2CCOCCO)sc2ccccc21. The van der Waals surface area contributed by atoms with E-state index in [-0.39, 0.29) is 13.2 Å². The Morgan fingerprint density at radius 2 is 1.94 bits per heavy atom. The van der Waals surface area contributed by atoms with Crippen LogP contribution in [0.25, 0.3) is 16.3 Å². The first-order valence-corrected chi connectivity index (χ1v) is 13.4. The Labute approximate surface area is 203 Å². The minimum Gasteiger partial charge on any atom is -0.743 e. The molecule has 0 amide bonds. The number of rotatable bonds is 8. The predicted octanol–water partition coefficient (Wildman–Crippen LogP) is 3.92. The molecule has 1 aliphatic rings. The van der Waals surface area contributed by atoms with Gasteiger partial charge in [0.2, 0.25) is 11.4 Å². The number of thioether (sulfide) groups is 1. The molecule has 2 aromatic carbocycles. The van der Waals surface area contributed by atoms with Crippen LogP contribution in [-0.2, 0) is 20.7 Å². The van der Waals surface area contributed by atoms with Crippen LogP contribution in [-0.4, -0.2) is 44.4 Å². The van der Waals surface area contributed by atoms with E-state index in [0.717, 1.165) is 20.3 Å². The second kappa shape index (κ2) is 9.86. The molecular formula is C20H18Cl2N2O5S3. The summed E-state index contributed by atoms with van der Waals surface area (Å²) >= 11 is 15.3. The van der Waals surface area contributed by atoms with Gasteiger partial charge in [0.05, 0.1) is 46.7 Å². The van der Waals surface area contributed by atoms with E-state index in [1.165, 1.54) is 27.7 Å². The molecular weight excluding hydrogens is 515 g/mol. The summed E-state index contributed by atoms with van der Waals surface area (Å²) in [5.74, 6) is -0.662. The lowest BCUT2D eigenvalue weighted by molar-refractivity contribution is -0.649. The minimum atomic E-state index is -4.50. The number of aliphatic hydroxyl groups is 1. The molecule has 1 aliphatic heterocycles. The molecule has 12 heteroatoms. The molecule has 0 saturated carbocycles. The second-order valence-corrected chi connectivity index (χ2v) is 11.1. The zero-order chi connectivity index (χ0) is 22.9. The highest BCUT2D eigenvalue weighted by Crippen LogP contribution is 2.49. The van der Waals surface area contributed by atoms with Gasteiger partial charge < -0.3 is 19.3 Å². The summed E-state index contributed by atoms with van der Waals surface area (Å²) < 4.78 is 42.6. The fourth-order valence-corrected chi connectivity index (χ4v) is 6.70. The van der Waals surface area contributed by atoms with Gasteiger partial charge in [-0.3, -0.25) is 0 Å². The van der Waals surface area contributed by atoms with E-state index >= 15 is 0 Å². The van der Waals surface area contributed by atoms with Gasteiger partial charge in [-0.15, -0.1) is 0 Å². The largest absolute Gasteiger partial charge is 0.743 e. The van der Waals surface area contributed by atoms with Crippen molar-refractivity contribution in [3.63, 3.8) is 0 Å². The van der Waals surface area contributed by atoms with Crippen LogP contribution in [0.3, 0.4) is 0 Å². The van der Waals surface area contributed by atoms with Crippen molar-refractivity contribution >= 4 is 78.4 Å². The summed E-state index contributed by atoms with van der Waals surface area (Å²) in [6, 6.07) is 10.9. The van der Waals surface area contributed by atoms with Gasteiger partial charge in [-0.05, 0) is 18.2 Å². The third-order valence-corrected chi connectivity index (χ3v) is 8.14. The quantitative estimate of drug-likeness (QED) is 0.267. The van der Waals surface area contributed by atoms with Gasteiger partial charge in [0.1, 0.15) is 4.70 Å². The summed E-state index contributed by atoms with van der Waals surface area (Å²) in [4.78, 5) is 2.90. The Bertz CT molecular complexity index is 1290. The lowest BCUT2D eigenvalue weighted by Crippen LogP contribution is -2.39. The Kier molecular flexibility index (Phi) is 7.33. The van der Waals surface area contributed by atoms with E-state index in [1.807, 2.05) is 23.1 Å². The van der Waals surface area contributed by atoms with Crippen molar-refractivity contribution in [1.29, 1.82) is 0 Å². The molecule has 1 N–H and O–H groups in total. The van der Waals surface area contributed by atoms with Crippen molar-refractivity contribution in [2.24, 2.45) is 0 Å². The fraction of sp³-hybridized carbons (Fsp3) is 0.250. The van der Waals surface area contributed by atoms with E-state index in [2.05, 4.69) is 0 Å². The average molecular weight is 533 g/mol. The molecule has 0 saturated heterocycles. The number of hydrogen-bond acceptors (Lipinski definition) is 8. The van der Waals surface area contributed by atoms with Crippen molar-refractivity contribution < 1.29 is 27.4 Å². The number of ether oxygens (including phenoxy) is 1. The summed E-state index contributed by atoms with van der Waals surface area (Å²) in [5, 5.41) is 11.3. The lowest BCUT2D eigenvalue weighted by atomic mass is 10.3. The van der Waals surface area contributed by atoms with Crippen LogP contribution in [0.1, 0.15) is 5.01 Å². The number of fused-ring (bicyclic) bond motifs is 2. The number of anilines is 1. The standard InChI is InChI=1S/C20H18Cl2N2O5S3/c21-13-9-16-18(10-14(13)22)31-19(23(16)5-7-29-8-6-25)11-20-24(12-32(26,27)28)15-3-1-2-4-17(15)30-20/h1-4,9-11,25H,5-8,12H2. The molecule has 0 spiro atoms. The van der Waals surface area contributed by atoms with E-state index in [4.69, 9.17) is 33.0 Å². The smallest absolute Gasteiger partial charge is 0.266 e. The van der Waals surface area contributed by atoms with Crippen LogP contribution >= 0.6 is 46.3 Å². The molecule has 0 fully saturated rings. The number of aliphatic hydroxyl groups excluding tert-OH is 1. The monoisotopic (exact) mass is 532 g/mol. The van der Waals surface area contributed by atoms with Crippen LogP contribution in [0.5, 0.6) is 0 Å². The number of aromatic nitrogens is 1. The van der Waals surface area contributed by atoms with Crippen molar-refractivity contribution in [1.82, 2.24) is 0 Å². The normalized spacial score (nSPS) is 15.1. The highest BCUT2D eigenvalue weighted by Gasteiger charge is 2.29. The van der Waals surface area contributed by atoms with Crippen LogP contribution in [0, 0.1) is 0 Å². The van der Waals surface area contributed by atoms with Crippen LogP contribution in [0.4, 0.5) is 5.69 Å². The van der Waals surface area contributed by atoms with Gasteiger partial charge in [-0.25, -0.2) is 8.42 Å².